The maximum atomic E-state index is 12.8. The highest BCUT2D eigenvalue weighted by Crippen LogP contribution is 2.16. The van der Waals surface area contributed by atoms with Gasteiger partial charge in [-0.1, -0.05) is 0 Å². The number of hydrogen-bond donors (Lipinski definition) is 2. The first-order chi connectivity index (χ1) is 10.5. The highest BCUT2D eigenvalue weighted by molar-refractivity contribution is 5.22. The minimum atomic E-state index is -0.649. The number of benzene rings is 1. The summed E-state index contributed by atoms with van der Waals surface area (Å²) in [4.78, 5) is 0. The number of aryl methyl sites for hydroxylation is 1. The standard InChI is InChI=1S/C16H22FN3O2/c1-11(16-9-19-20(3)12(16)2)18-8-14(21)10-22-15-6-4-13(17)5-7-15/h4-7,9,11,14,18,21H,8,10H2,1-3H3. The van der Waals surface area contributed by atoms with Crippen LogP contribution in [0.5, 0.6) is 5.75 Å². The summed E-state index contributed by atoms with van der Waals surface area (Å²) in [5.41, 5.74) is 2.20. The van der Waals surface area contributed by atoms with Crippen LogP contribution in [0.3, 0.4) is 0 Å². The molecule has 0 spiro atoms. The SMILES string of the molecule is Cc1c(C(C)NCC(O)COc2ccc(F)cc2)cnn1C. The summed E-state index contributed by atoms with van der Waals surface area (Å²) in [5, 5.41) is 17.4. The molecule has 0 radical (unpaired) electrons. The molecule has 2 unspecified atom stereocenters. The minimum absolute atomic E-state index is 0.0918. The third kappa shape index (κ3) is 4.29. The Hall–Kier alpha value is -1.92. The van der Waals surface area contributed by atoms with Gasteiger partial charge in [0, 0.05) is 30.9 Å². The van der Waals surface area contributed by atoms with Crippen LogP contribution in [0.1, 0.15) is 24.2 Å². The van der Waals surface area contributed by atoms with E-state index in [1.54, 1.807) is 0 Å². The van der Waals surface area contributed by atoms with Gasteiger partial charge in [0.15, 0.2) is 0 Å². The van der Waals surface area contributed by atoms with E-state index in [1.807, 2.05) is 31.8 Å². The van der Waals surface area contributed by atoms with Gasteiger partial charge in [0.1, 0.15) is 24.3 Å². The van der Waals surface area contributed by atoms with Gasteiger partial charge in [0.05, 0.1) is 6.20 Å². The zero-order valence-corrected chi connectivity index (χ0v) is 13.1. The molecule has 0 amide bonds. The number of aromatic nitrogens is 2. The van der Waals surface area contributed by atoms with Gasteiger partial charge in [-0.25, -0.2) is 4.39 Å². The third-order valence-corrected chi connectivity index (χ3v) is 3.66. The molecule has 2 aromatic rings. The largest absolute Gasteiger partial charge is 0.491 e. The molecule has 0 fully saturated rings. The van der Waals surface area contributed by atoms with E-state index in [4.69, 9.17) is 4.74 Å². The van der Waals surface area contributed by atoms with Crippen molar-refractivity contribution in [3.63, 3.8) is 0 Å². The fourth-order valence-electron chi connectivity index (χ4n) is 2.15. The number of aliphatic hydroxyl groups excluding tert-OH is 1. The van der Waals surface area contributed by atoms with Crippen LogP contribution in [0, 0.1) is 12.7 Å². The van der Waals surface area contributed by atoms with E-state index in [0.717, 1.165) is 11.3 Å². The molecular weight excluding hydrogens is 285 g/mol. The molecule has 0 aliphatic rings. The Bertz CT molecular complexity index is 598. The number of hydrogen-bond acceptors (Lipinski definition) is 4. The van der Waals surface area contributed by atoms with Crippen molar-refractivity contribution >= 4 is 0 Å². The lowest BCUT2D eigenvalue weighted by Gasteiger charge is -2.17. The van der Waals surface area contributed by atoms with E-state index in [-0.39, 0.29) is 18.5 Å². The van der Waals surface area contributed by atoms with Gasteiger partial charge in [-0.2, -0.15) is 5.10 Å². The Morgan fingerprint density at radius 1 is 1.36 bits per heavy atom. The Balaban J connectivity index is 1.76. The van der Waals surface area contributed by atoms with Crippen LogP contribution >= 0.6 is 0 Å². The Morgan fingerprint density at radius 2 is 2.05 bits per heavy atom. The Labute approximate surface area is 129 Å². The first-order valence-electron chi connectivity index (χ1n) is 7.25. The fraction of sp³-hybridized carbons (Fsp3) is 0.438. The number of nitrogens with one attached hydrogen (secondary N) is 1. The average molecular weight is 307 g/mol. The van der Waals surface area contributed by atoms with E-state index in [2.05, 4.69) is 10.4 Å². The van der Waals surface area contributed by atoms with Crippen molar-refractivity contribution < 1.29 is 14.2 Å². The molecule has 1 aromatic carbocycles. The van der Waals surface area contributed by atoms with Crippen LogP contribution < -0.4 is 10.1 Å². The van der Waals surface area contributed by atoms with Crippen LogP contribution in [0.2, 0.25) is 0 Å². The van der Waals surface area contributed by atoms with E-state index in [9.17, 15) is 9.50 Å². The molecule has 0 saturated heterocycles. The maximum Gasteiger partial charge on any atom is 0.123 e. The number of nitrogens with zero attached hydrogens (tertiary/aromatic N) is 2. The molecule has 1 aromatic heterocycles. The second-order valence-electron chi connectivity index (χ2n) is 5.36. The molecule has 0 saturated carbocycles. The number of rotatable bonds is 7. The number of ether oxygens (including phenoxy) is 1. The summed E-state index contributed by atoms with van der Waals surface area (Å²) in [6.45, 7) is 4.58. The Morgan fingerprint density at radius 3 is 2.64 bits per heavy atom. The molecular formula is C16H22FN3O2. The molecule has 2 atom stereocenters. The van der Waals surface area contributed by atoms with Gasteiger partial charge >= 0.3 is 0 Å². The first kappa shape index (κ1) is 16.5. The average Bonchev–Trinajstić information content (AvgIpc) is 2.84. The molecule has 120 valence electrons. The van der Waals surface area contributed by atoms with Crippen LogP contribution in [0.15, 0.2) is 30.5 Å². The summed E-state index contributed by atoms with van der Waals surface area (Å²) in [6.07, 6.45) is 1.18. The molecule has 0 aliphatic carbocycles. The van der Waals surface area contributed by atoms with E-state index in [0.29, 0.717) is 12.3 Å². The summed E-state index contributed by atoms with van der Waals surface area (Å²) in [5.74, 6) is 0.229. The highest BCUT2D eigenvalue weighted by atomic mass is 19.1. The predicted molar refractivity (Wildman–Crippen MR) is 82.3 cm³/mol. The van der Waals surface area contributed by atoms with Gasteiger partial charge < -0.3 is 15.2 Å². The quantitative estimate of drug-likeness (QED) is 0.821. The first-order valence-corrected chi connectivity index (χ1v) is 7.25. The van der Waals surface area contributed by atoms with E-state index >= 15 is 0 Å². The van der Waals surface area contributed by atoms with Crippen molar-refractivity contribution in [2.75, 3.05) is 13.2 Å². The van der Waals surface area contributed by atoms with Gasteiger partial charge in [-0.3, -0.25) is 4.68 Å². The second-order valence-corrected chi connectivity index (χ2v) is 5.36. The zero-order chi connectivity index (χ0) is 16.1. The van der Waals surface area contributed by atoms with Gasteiger partial charge in [-0.15, -0.1) is 0 Å². The van der Waals surface area contributed by atoms with Crippen molar-refractivity contribution in [3.05, 3.63) is 47.5 Å². The van der Waals surface area contributed by atoms with E-state index in [1.165, 1.54) is 24.3 Å². The van der Waals surface area contributed by atoms with Crippen LogP contribution in [-0.4, -0.2) is 34.1 Å². The minimum Gasteiger partial charge on any atom is -0.491 e. The number of aliphatic hydroxyl groups is 1. The summed E-state index contributed by atoms with van der Waals surface area (Å²) < 4.78 is 20.0. The van der Waals surface area contributed by atoms with Gasteiger partial charge in [0.2, 0.25) is 0 Å². The lowest BCUT2D eigenvalue weighted by molar-refractivity contribution is 0.104. The monoisotopic (exact) mass is 307 g/mol. The van der Waals surface area contributed by atoms with Crippen molar-refractivity contribution in [2.45, 2.75) is 26.0 Å². The predicted octanol–water partition coefficient (Wildman–Crippen LogP) is 1.96. The number of halogens is 1. The van der Waals surface area contributed by atoms with Crippen molar-refractivity contribution in [1.29, 1.82) is 0 Å². The van der Waals surface area contributed by atoms with Crippen LogP contribution in [-0.2, 0) is 7.05 Å². The normalized spacial score (nSPS) is 13.9. The van der Waals surface area contributed by atoms with Gasteiger partial charge in [-0.05, 0) is 38.1 Å². The second kappa shape index (κ2) is 7.38. The molecule has 2 rings (SSSR count). The van der Waals surface area contributed by atoms with Crippen LogP contribution in [0.4, 0.5) is 4.39 Å². The lowest BCUT2D eigenvalue weighted by atomic mass is 10.1. The van der Waals surface area contributed by atoms with Crippen molar-refractivity contribution in [2.24, 2.45) is 7.05 Å². The van der Waals surface area contributed by atoms with Crippen molar-refractivity contribution in [3.8, 4) is 5.75 Å². The third-order valence-electron chi connectivity index (χ3n) is 3.66. The molecule has 0 aliphatic heterocycles. The highest BCUT2D eigenvalue weighted by Gasteiger charge is 2.13. The van der Waals surface area contributed by atoms with Gasteiger partial charge in [0.25, 0.3) is 0 Å². The van der Waals surface area contributed by atoms with E-state index < -0.39 is 6.10 Å². The zero-order valence-electron chi connectivity index (χ0n) is 13.1. The molecule has 5 nitrogen and oxygen atoms in total. The molecule has 2 N–H and O–H groups in total. The molecule has 1 heterocycles. The Kier molecular flexibility index (Phi) is 5.51. The summed E-state index contributed by atoms with van der Waals surface area (Å²) in [6, 6.07) is 5.82. The summed E-state index contributed by atoms with van der Waals surface area (Å²) in [7, 11) is 1.90. The molecule has 6 heteroatoms. The summed E-state index contributed by atoms with van der Waals surface area (Å²) >= 11 is 0. The lowest BCUT2D eigenvalue weighted by Crippen LogP contribution is -2.33. The maximum absolute atomic E-state index is 12.8. The smallest absolute Gasteiger partial charge is 0.123 e. The van der Waals surface area contributed by atoms with Crippen molar-refractivity contribution in [1.82, 2.24) is 15.1 Å². The molecule has 22 heavy (non-hydrogen) atoms. The fourth-order valence-corrected chi connectivity index (χ4v) is 2.15. The van der Waals surface area contributed by atoms with Crippen LogP contribution in [0.25, 0.3) is 0 Å². The topological polar surface area (TPSA) is 59.3 Å². The molecule has 0 bridgehead atoms.